The number of thioether (sulfide) groups is 1. The van der Waals surface area contributed by atoms with Gasteiger partial charge in [0, 0.05) is 22.8 Å². The quantitative estimate of drug-likeness (QED) is 0.540. The highest BCUT2D eigenvalue weighted by molar-refractivity contribution is 7.98. The van der Waals surface area contributed by atoms with Crippen molar-refractivity contribution in [3.05, 3.63) is 46.3 Å². The number of fused-ring (bicyclic) bond motifs is 1. The lowest BCUT2D eigenvalue weighted by molar-refractivity contribution is 0.784. The molecule has 2 aromatic heterocycles. The number of hydrogen-bond acceptors (Lipinski definition) is 4. The van der Waals surface area contributed by atoms with Crippen molar-refractivity contribution in [1.82, 2.24) is 19.7 Å². The van der Waals surface area contributed by atoms with Crippen LogP contribution in [-0.2, 0) is 12.8 Å². The van der Waals surface area contributed by atoms with E-state index in [2.05, 4.69) is 15.1 Å². The van der Waals surface area contributed by atoms with Gasteiger partial charge in [0.2, 0.25) is 0 Å². The summed E-state index contributed by atoms with van der Waals surface area (Å²) in [6.07, 6.45) is 3.33. The first kappa shape index (κ1) is 13.7. The van der Waals surface area contributed by atoms with Crippen LogP contribution < -0.4 is 0 Å². The Labute approximate surface area is 130 Å². The van der Waals surface area contributed by atoms with Gasteiger partial charge < -0.3 is 0 Å². The second-order valence-corrected chi connectivity index (χ2v) is 6.02. The summed E-state index contributed by atoms with van der Waals surface area (Å²) in [7, 11) is 1.86. The highest BCUT2D eigenvalue weighted by atomic mass is 35.5. The fourth-order valence-corrected chi connectivity index (χ4v) is 3.36. The second-order valence-electron chi connectivity index (χ2n) is 4.21. The maximum atomic E-state index is 6.17. The van der Waals surface area contributed by atoms with E-state index in [1.165, 1.54) is 0 Å². The molecule has 0 radical (unpaired) electrons. The lowest BCUT2D eigenvalue weighted by Gasteiger charge is -2.05. The lowest BCUT2D eigenvalue weighted by Crippen LogP contribution is -1.93. The Kier molecular flexibility index (Phi) is 3.83. The number of aromatic nitrogens is 4. The van der Waals surface area contributed by atoms with Crippen LogP contribution in [0.5, 0.6) is 0 Å². The Hall–Kier alpha value is -1.30. The number of hydrogen-bond donors (Lipinski definition) is 0. The van der Waals surface area contributed by atoms with Crippen LogP contribution in [0.1, 0.15) is 5.56 Å². The van der Waals surface area contributed by atoms with Crippen LogP contribution in [0, 0.1) is 0 Å². The molecule has 0 N–H and O–H groups in total. The van der Waals surface area contributed by atoms with Gasteiger partial charge in [-0.1, -0.05) is 29.3 Å². The molecule has 3 rings (SSSR count). The third-order valence-electron chi connectivity index (χ3n) is 2.87. The third kappa shape index (κ3) is 2.61. The average Bonchev–Trinajstić information content (AvgIpc) is 2.80. The largest absolute Gasteiger partial charge is 0.250 e. The van der Waals surface area contributed by atoms with Crippen molar-refractivity contribution in [2.45, 2.75) is 10.8 Å². The number of rotatable bonds is 3. The molecule has 0 spiro atoms. The molecule has 0 bridgehead atoms. The van der Waals surface area contributed by atoms with Crippen LogP contribution in [-0.4, -0.2) is 19.7 Å². The van der Waals surface area contributed by atoms with E-state index in [1.807, 2.05) is 19.2 Å². The fourth-order valence-electron chi connectivity index (χ4n) is 1.84. The van der Waals surface area contributed by atoms with E-state index in [0.717, 1.165) is 27.4 Å². The van der Waals surface area contributed by atoms with Crippen molar-refractivity contribution >= 4 is 46.0 Å². The van der Waals surface area contributed by atoms with Gasteiger partial charge in [-0.05, 0) is 17.7 Å². The minimum atomic E-state index is 0.639. The Bertz CT molecular complexity index is 772. The molecule has 0 unspecified atom stereocenters. The third-order valence-corrected chi connectivity index (χ3v) is 4.51. The fraction of sp³-hybridized carbons (Fsp3) is 0.154. The molecule has 0 aliphatic rings. The van der Waals surface area contributed by atoms with Crippen LogP contribution in [0.4, 0.5) is 0 Å². The zero-order valence-electron chi connectivity index (χ0n) is 10.5. The lowest BCUT2D eigenvalue weighted by atomic mass is 10.2. The summed E-state index contributed by atoms with van der Waals surface area (Å²) in [5.74, 6) is 0.719. The first-order valence-corrected chi connectivity index (χ1v) is 7.59. The van der Waals surface area contributed by atoms with Crippen LogP contribution in [0.25, 0.3) is 11.0 Å². The topological polar surface area (TPSA) is 43.6 Å². The number of benzene rings is 1. The summed E-state index contributed by atoms with van der Waals surface area (Å²) in [5.41, 5.74) is 1.85. The molecule has 0 fully saturated rings. The molecule has 4 nitrogen and oxygen atoms in total. The molecule has 0 saturated heterocycles. The Morgan fingerprint density at radius 1 is 1.25 bits per heavy atom. The summed E-state index contributed by atoms with van der Waals surface area (Å²) in [6, 6.07) is 5.51. The van der Waals surface area contributed by atoms with Gasteiger partial charge in [0.1, 0.15) is 11.4 Å². The van der Waals surface area contributed by atoms with E-state index in [9.17, 15) is 0 Å². The average molecular weight is 325 g/mol. The summed E-state index contributed by atoms with van der Waals surface area (Å²) in [5, 5.41) is 7.35. The van der Waals surface area contributed by atoms with Crippen molar-refractivity contribution < 1.29 is 0 Å². The molecular formula is C13H10Cl2N4S. The highest BCUT2D eigenvalue weighted by Crippen LogP contribution is 2.30. The zero-order chi connectivity index (χ0) is 14.1. The van der Waals surface area contributed by atoms with Crippen molar-refractivity contribution in [2.24, 2.45) is 7.05 Å². The second kappa shape index (κ2) is 5.60. The summed E-state index contributed by atoms with van der Waals surface area (Å²) in [6.45, 7) is 0. The van der Waals surface area contributed by atoms with Crippen molar-refractivity contribution in [2.75, 3.05) is 0 Å². The van der Waals surface area contributed by atoms with Gasteiger partial charge in [0.05, 0.1) is 11.6 Å². The monoisotopic (exact) mass is 324 g/mol. The van der Waals surface area contributed by atoms with Crippen LogP contribution >= 0.6 is 35.0 Å². The van der Waals surface area contributed by atoms with Gasteiger partial charge in [0.15, 0.2) is 5.65 Å². The van der Waals surface area contributed by atoms with E-state index in [4.69, 9.17) is 23.2 Å². The molecule has 0 aliphatic heterocycles. The van der Waals surface area contributed by atoms with E-state index < -0.39 is 0 Å². The Morgan fingerprint density at radius 2 is 2.10 bits per heavy atom. The first-order valence-electron chi connectivity index (χ1n) is 5.84. The molecule has 0 aliphatic carbocycles. The molecular weight excluding hydrogens is 315 g/mol. The molecule has 3 aromatic rings. The van der Waals surface area contributed by atoms with Gasteiger partial charge in [-0.3, -0.25) is 4.68 Å². The minimum Gasteiger partial charge on any atom is -0.250 e. The maximum Gasteiger partial charge on any atom is 0.162 e. The van der Waals surface area contributed by atoms with Crippen molar-refractivity contribution in [1.29, 1.82) is 0 Å². The Balaban J connectivity index is 1.87. The summed E-state index contributed by atoms with van der Waals surface area (Å²) >= 11 is 13.7. The van der Waals surface area contributed by atoms with Gasteiger partial charge in [-0.2, -0.15) is 5.10 Å². The minimum absolute atomic E-state index is 0.639. The molecule has 0 amide bonds. The predicted octanol–water partition coefficient (Wildman–Crippen LogP) is 3.96. The van der Waals surface area contributed by atoms with Crippen LogP contribution in [0.15, 0.2) is 35.7 Å². The normalized spacial score (nSPS) is 11.2. The SMILES string of the molecule is Cn1ncc2c(SCc3ccc(Cl)cc3Cl)ncnc21. The van der Waals surface area contributed by atoms with E-state index in [0.29, 0.717) is 10.0 Å². The molecule has 2 heterocycles. The summed E-state index contributed by atoms with van der Waals surface area (Å²) < 4.78 is 1.73. The van der Waals surface area contributed by atoms with E-state index >= 15 is 0 Å². The molecule has 0 atom stereocenters. The summed E-state index contributed by atoms with van der Waals surface area (Å²) in [4.78, 5) is 8.53. The van der Waals surface area contributed by atoms with E-state index in [-0.39, 0.29) is 0 Å². The van der Waals surface area contributed by atoms with Gasteiger partial charge >= 0.3 is 0 Å². The molecule has 1 aromatic carbocycles. The molecule has 0 saturated carbocycles. The van der Waals surface area contributed by atoms with Crippen LogP contribution in [0.3, 0.4) is 0 Å². The van der Waals surface area contributed by atoms with E-state index in [1.54, 1.807) is 35.0 Å². The smallest absolute Gasteiger partial charge is 0.162 e. The predicted molar refractivity (Wildman–Crippen MR) is 82.3 cm³/mol. The maximum absolute atomic E-state index is 6.17. The number of nitrogens with zero attached hydrogens (tertiary/aromatic N) is 4. The zero-order valence-corrected chi connectivity index (χ0v) is 12.9. The van der Waals surface area contributed by atoms with Crippen LogP contribution in [0.2, 0.25) is 10.0 Å². The Morgan fingerprint density at radius 3 is 2.90 bits per heavy atom. The molecule has 20 heavy (non-hydrogen) atoms. The van der Waals surface area contributed by atoms with Gasteiger partial charge in [0.25, 0.3) is 0 Å². The molecule has 7 heteroatoms. The molecule has 102 valence electrons. The van der Waals surface area contributed by atoms with Gasteiger partial charge in [-0.25, -0.2) is 9.97 Å². The highest BCUT2D eigenvalue weighted by Gasteiger charge is 2.09. The van der Waals surface area contributed by atoms with Crippen molar-refractivity contribution in [3.8, 4) is 0 Å². The first-order chi connectivity index (χ1) is 9.65. The number of aryl methyl sites for hydroxylation is 1. The van der Waals surface area contributed by atoms with Crippen molar-refractivity contribution in [3.63, 3.8) is 0 Å². The number of halogens is 2. The van der Waals surface area contributed by atoms with Gasteiger partial charge in [-0.15, -0.1) is 11.8 Å². The standard InChI is InChI=1S/C13H10Cl2N4S/c1-19-12-10(5-18-19)13(17-7-16-12)20-6-8-2-3-9(14)4-11(8)15/h2-5,7H,6H2,1H3.